The van der Waals surface area contributed by atoms with E-state index in [1.54, 1.807) is 31.2 Å². The highest BCUT2D eigenvalue weighted by molar-refractivity contribution is 6.23. The standard InChI is InChI=1S/C39H35N7O7/c1-21-42-35(45-53-21)31-19-34(41-20-40-31)52-27-11-6-23(7-12-27)39(2,3)22-4-9-26(10-5-22)51-28-16-25(17-28)43-24-8-13-29-30(18-24)38(50)46(37(29)49)32-14-15-33(47)44-36(32)48/h4-13,18-20,25,28,32,43H,14-17H2,1-3H3,(H,44,47,48)/t25-,28-,32?. The van der Waals surface area contributed by atoms with Gasteiger partial charge in [-0.25, -0.2) is 9.97 Å². The molecule has 2 N–H and O–H groups in total. The molecule has 8 rings (SSSR count). The summed E-state index contributed by atoms with van der Waals surface area (Å²) in [6, 6.07) is 21.9. The Labute approximate surface area is 303 Å². The molecule has 1 aliphatic carbocycles. The molecule has 1 unspecified atom stereocenters. The molecule has 4 amide bonds. The second-order valence-electron chi connectivity index (χ2n) is 13.9. The number of rotatable bonds is 10. The van der Waals surface area contributed by atoms with Gasteiger partial charge in [0.2, 0.25) is 29.4 Å². The van der Waals surface area contributed by atoms with E-state index in [9.17, 15) is 19.2 Å². The predicted octanol–water partition coefficient (Wildman–Crippen LogP) is 5.38. The fourth-order valence-corrected chi connectivity index (χ4v) is 6.87. The van der Waals surface area contributed by atoms with Gasteiger partial charge in [0.1, 0.15) is 35.7 Å². The van der Waals surface area contributed by atoms with E-state index in [-0.39, 0.29) is 41.5 Å². The lowest BCUT2D eigenvalue weighted by molar-refractivity contribution is -0.136. The summed E-state index contributed by atoms with van der Waals surface area (Å²) in [6.07, 6.45) is 3.15. The molecule has 0 spiro atoms. The fourth-order valence-electron chi connectivity index (χ4n) is 6.87. The zero-order valence-electron chi connectivity index (χ0n) is 29.2. The van der Waals surface area contributed by atoms with Crippen LogP contribution in [0.2, 0.25) is 0 Å². The Hall–Kier alpha value is -6.44. The van der Waals surface area contributed by atoms with Crippen LogP contribution in [0.5, 0.6) is 17.4 Å². The van der Waals surface area contributed by atoms with Gasteiger partial charge in [-0.05, 0) is 60.0 Å². The number of carbonyl (C=O) groups is 4. The smallest absolute Gasteiger partial charge is 0.262 e. The van der Waals surface area contributed by atoms with Crippen molar-refractivity contribution in [3.8, 4) is 28.9 Å². The molecular weight excluding hydrogens is 678 g/mol. The van der Waals surface area contributed by atoms with E-state index in [0.29, 0.717) is 34.7 Å². The number of hydrogen-bond acceptors (Lipinski definition) is 12. The van der Waals surface area contributed by atoms with Crippen molar-refractivity contribution in [1.82, 2.24) is 30.3 Å². The van der Waals surface area contributed by atoms with Crippen LogP contribution in [-0.2, 0) is 15.0 Å². The topological polar surface area (TPSA) is 179 Å². The Balaban J connectivity index is 0.839. The number of aromatic nitrogens is 4. The number of benzene rings is 3. The fraction of sp³-hybridized carbons (Fsp3) is 0.282. The first-order valence-corrected chi connectivity index (χ1v) is 17.3. The molecule has 2 aliphatic heterocycles. The number of carbonyl (C=O) groups excluding carboxylic acids is 4. The van der Waals surface area contributed by atoms with Gasteiger partial charge in [-0.3, -0.25) is 29.4 Å². The number of fused-ring (bicyclic) bond motifs is 1. The minimum absolute atomic E-state index is 0.0295. The normalized spacial score (nSPS) is 19.8. The molecule has 2 fully saturated rings. The van der Waals surface area contributed by atoms with Gasteiger partial charge < -0.3 is 19.3 Å². The Kier molecular flexibility index (Phi) is 8.44. The van der Waals surface area contributed by atoms with Gasteiger partial charge in [0.05, 0.1) is 11.1 Å². The van der Waals surface area contributed by atoms with Crippen molar-refractivity contribution < 1.29 is 33.2 Å². The molecule has 1 saturated heterocycles. The van der Waals surface area contributed by atoms with Crippen LogP contribution in [-0.4, -0.2) is 66.8 Å². The van der Waals surface area contributed by atoms with Crippen molar-refractivity contribution in [3.05, 3.63) is 107 Å². The Morgan fingerprint density at radius 1 is 0.868 bits per heavy atom. The summed E-state index contributed by atoms with van der Waals surface area (Å²) in [5.74, 6) is 0.516. The molecule has 14 heteroatoms. The van der Waals surface area contributed by atoms with E-state index in [1.807, 2.05) is 36.4 Å². The number of nitrogens with one attached hydrogen (secondary N) is 2. The summed E-state index contributed by atoms with van der Waals surface area (Å²) in [7, 11) is 0. The summed E-state index contributed by atoms with van der Waals surface area (Å²) in [6.45, 7) is 6.04. The molecule has 4 heterocycles. The number of ether oxygens (including phenoxy) is 2. The SMILES string of the molecule is Cc1nc(-c2cc(Oc3ccc(C(C)(C)c4ccc(O[C@H]5C[C@H](Nc6ccc7c(c6)C(=O)N(C6CCC(=O)NC6=O)C7=O)C5)cc4)cc3)ncn2)no1. The van der Waals surface area contributed by atoms with Crippen LogP contribution < -0.4 is 20.1 Å². The van der Waals surface area contributed by atoms with Crippen molar-refractivity contribution in [3.63, 3.8) is 0 Å². The van der Waals surface area contributed by atoms with Crippen LogP contribution in [0.15, 0.2) is 83.6 Å². The quantitative estimate of drug-likeness (QED) is 0.177. The molecule has 5 aromatic rings. The second kappa shape index (κ2) is 13.3. The average Bonchev–Trinajstić information content (AvgIpc) is 3.67. The third-order valence-corrected chi connectivity index (χ3v) is 9.98. The molecule has 3 aliphatic rings. The first-order valence-electron chi connectivity index (χ1n) is 17.3. The van der Waals surface area contributed by atoms with Crippen molar-refractivity contribution in [2.45, 2.75) is 70.1 Å². The van der Waals surface area contributed by atoms with Gasteiger partial charge in [-0.15, -0.1) is 0 Å². The summed E-state index contributed by atoms with van der Waals surface area (Å²) in [4.78, 5) is 63.7. The summed E-state index contributed by atoms with van der Waals surface area (Å²) >= 11 is 0. The maximum Gasteiger partial charge on any atom is 0.262 e. The zero-order chi connectivity index (χ0) is 36.9. The molecule has 268 valence electrons. The van der Waals surface area contributed by atoms with E-state index in [4.69, 9.17) is 14.0 Å². The predicted molar refractivity (Wildman–Crippen MR) is 189 cm³/mol. The van der Waals surface area contributed by atoms with Crippen LogP contribution in [0.25, 0.3) is 11.5 Å². The monoisotopic (exact) mass is 713 g/mol. The molecule has 3 aromatic carbocycles. The third kappa shape index (κ3) is 6.59. The number of aryl methyl sites for hydroxylation is 1. The highest BCUT2D eigenvalue weighted by Gasteiger charge is 2.45. The van der Waals surface area contributed by atoms with E-state index >= 15 is 0 Å². The van der Waals surface area contributed by atoms with Gasteiger partial charge in [-0.1, -0.05) is 43.3 Å². The zero-order valence-corrected chi connectivity index (χ0v) is 29.2. The number of hydrogen-bond donors (Lipinski definition) is 2. The van der Waals surface area contributed by atoms with Gasteiger partial charge in [0, 0.05) is 49.4 Å². The summed E-state index contributed by atoms with van der Waals surface area (Å²) in [5, 5.41) is 9.55. The van der Waals surface area contributed by atoms with Crippen LogP contribution in [0.3, 0.4) is 0 Å². The molecule has 0 radical (unpaired) electrons. The van der Waals surface area contributed by atoms with Crippen molar-refractivity contribution in [2.75, 3.05) is 5.32 Å². The van der Waals surface area contributed by atoms with Crippen molar-refractivity contribution in [2.24, 2.45) is 0 Å². The molecule has 1 saturated carbocycles. The van der Waals surface area contributed by atoms with Crippen molar-refractivity contribution in [1.29, 1.82) is 0 Å². The minimum Gasteiger partial charge on any atom is -0.490 e. The van der Waals surface area contributed by atoms with Crippen LogP contribution in [0.1, 0.15) is 77.3 Å². The van der Waals surface area contributed by atoms with E-state index in [2.05, 4.69) is 56.7 Å². The van der Waals surface area contributed by atoms with Gasteiger partial charge in [0.25, 0.3) is 11.8 Å². The van der Waals surface area contributed by atoms with Gasteiger partial charge >= 0.3 is 0 Å². The maximum atomic E-state index is 13.2. The van der Waals surface area contributed by atoms with Crippen LogP contribution in [0.4, 0.5) is 5.69 Å². The number of amides is 4. The lowest BCUT2D eigenvalue weighted by atomic mass is 9.78. The van der Waals surface area contributed by atoms with E-state index in [1.165, 1.54) is 6.33 Å². The first kappa shape index (κ1) is 33.7. The molecule has 14 nitrogen and oxygen atoms in total. The van der Waals surface area contributed by atoms with Gasteiger partial charge in [0.15, 0.2) is 0 Å². The van der Waals surface area contributed by atoms with E-state index in [0.717, 1.165) is 34.6 Å². The number of anilines is 1. The molecule has 53 heavy (non-hydrogen) atoms. The highest BCUT2D eigenvalue weighted by Crippen LogP contribution is 2.36. The number of piperidine rings is 1. The van der Waals surface area contributed by atoms with Crippen LogP contribution >= 0.6 is 0 Å². The molecular formula is C39H35N7O7. The summed E-state index contributed by atoms with van der Waals surface area (Å²) in [5.41, 5.74) is 3.66. The van der Waals surface area contributed by atoms with Crippen molar-refractivity contribution >= 4 is 29.3 Å². The van der Waals surface area contributed by atoms with Crippen LogP contribution in [0, 0.1) is 6.92 Å². The Bertz CT molecular complexity index is 2250. The average molecular weight is 714 g/mol. The molecule has 1 atom stereocenters. The second-order valence-corrected chi connectivity index (χ2v) is 13.9. The maximum absolute atomic E-state index is 13.2. The molecule has 2 aromatic heterocycles. The highest BCUT2D eigenvalue weighted by atomic mass is 16.5. The lowest BCUT2D eigenvalue weighted by Crippen LogP contribution is -2.54. The lowest BCUT2D eigenvalue weighted by Gasteiger charge is -2.36. The Morgan fingerprint density at radius 3 is 2.25 bits per heavy atom. The first-order chi connectivity index (χ1) is 25.5. The largest absolute Gasteiger partial charge is 0.490 e. The van der Waals surface area contributed by atoms with E-state index < -0.39 is 29.7 Å². The molecule has 0 bridgehead atoms. The summed E-state index contributed by atoms with van der Waals surface area (Å²) < 4.78 is 17.3. The minimum atomic E-state index is -0.991. The third-order valence-electron chi connectivity index (χ3n) is 9.98. The Morgan fingerprint density at radius 2 is 1.57 bits per heavy atom. The van der Waals surface area contributed by atoms with Gasteiger partial charge in [-0.2, -0.15) is 4.98 Å². The number of nitrogens with zero attached hydrogens (tertiary/aromatic N) is 5. The number of imide groups is 2.